The lowest BCUT2D eigenvalue weighted by molar-refractivity contribution is -0.143. The second kappa shape index (κ2) is 9.03. The van der Waals surface area contributed by atoms with Crippen molar-refractivity contribution in [1.29, 1.82) is 0 Å². The van der Waals surface area contributed by atoms with Gasteiger partial charge in [0.05, 0.1) is 12.1 Å². The molecule has 1 aliphatic carbocycles. The van der Waals surface area contributed by atoms with E-state index in [1.54, 1.807) is 11.0 Å². The van der Waals surface area contributed by atoms with Gasteiger partial charge in [-0.25, -0.2) is 0 Å². The Hall–Kier alpha value is -3.11. The fourth-order valence-electron chi connectivity index (χ4n) is 4.59. The van der Waals surface area contributed by atoms with E-state index in [9.17, 15) is 14.4 Å². The first-order chi connectivity index (χ1) is 16.0. The Balaban J connectivity index is 1.13. The maximum Gasteiger partial charge on any atom is 0.267 e. The summed E-state index contributed by atoms with van der Waals surface area (Å²) in [7, 11) is 0. The molecule has 1 aromatic heterocycles. The van der Waals surface area contributed by atoms with Gasteiger partial charge in [-0.05, 0) is 37.0 Å². The minimum atomic E-state index is -0.664. The van der Waals surface area contributed by atoms with Crippen molar-refractivity contribution in [2.75, 3.05) is 44.6 Å². The summed E-state index contributed by atoms with van der Waals surface area (Å²) < 4.78 is 11.5. The summed E-state index contributed by atoms with van der Waals surface area (Å²) in [5, 5.41) is 3.44. The molecule has 9 nitrogen and oxygen atoms in total. The standard InChI is InChI=1S/C23H26N4O5S/c24-21(29)20-14-4-3-7-18(14)33-22(20)25-19(28)12-26-8-10-27(11-9-26)23(30)17-13-31-15-5-1-2-6-16(15)32-17/h1-2,5-6,17H,3-4,7-13H2,(H2,24,29)(H,25,28)/t17-/m0/s1. The Bertz CT molecular complexity index is 1090. The summed E-state index contributed by atoms with van der Waals surface area (Å²) in [6, 6.07) is 7.31. The molecule has 3 N–H and O–H groups in total. The number of para-hydroxylation sites is 2. The molecule has 1 fully saturated rings. The van der Waals surface area contributed by atoms with Gasteiger partial charge in [-0.1, -0.05) is 12.1 Å². The molecule has 0 spiro atoms. The monoisotopic (exact) mass is 470 g/mol. The van der Waals surface area contributed by atoms with Crippen molar-refractivity contribution in [2.45, 2.75) is 25.4 Å². The highest BCUT2D eigenvalue weighted by molar-refractivity contribution is 7.17. The van der Waals surface area contributed by atoms with Crippen molar-refractivity contribution in [3.8, 4) is 11.5 Å². The fourth-order valence-corrected chi connectivity index (χ4v) is 5.90. The number of nitrogens with zero attached hydrogens (tertiary/aromatic N) is 2. The molecule has 2 aromatic rings. The Morgan fingerprint density at radius 2 is 1.85 bits per heavy atom. The number of primary amides is 1. The van der Waals surface area contributed by atoms with Crippen LogP contribution in [0.2, 0.25) is 0 Å². The first kappa shape index (κ1) is 21.7. The smallest absolute Gasteiger partial charge is 0.267 e. The highest BCUT2D eigenvalue weighted by atomic mass is 32.1. The van der Waals surface area contributed by atoms with E-state index in [0.717, 1.165) is 29.7 Å². The number of hydrogen-bond acceptors (Lipinski definition) is 7. The largest absolute Gasteiger partial charge is 0.485 e. The van der Waals surface area contributed by atoms with Gasteiger partial charge in [0.1, 0.15) is 11.6 Å². The molecule has 10 heteroatoms. The number of carbonyl (C=O) groups is 3. The number of fused-ring (bicyclic) bond motifs is 2. The Kier molecular flexibility index (Phi) is 5.94. The lowest BCUT2D eigenvalue weighted by atomic mass is 10.1. The Morgan fingerprint density at radius 1 is 1.09 bits per heavy atom. The van der Waals surface area contributed by atoms with Crippen molar-refractivity contribution in [3.63, 3.8) is 0 Å². The second-order valence-electron chi connectivity index (χ2n) is 8.44. The molecule has 0 bridgehead atoms. The molecular weight excluding hydrogens is 444 g/mol. The van der Waals surface area contributed by atoms with Crippen LogP contribution in [0.3, 0.4) is 0 Å². The number of thiophene rings is 1. The predicted octanol–water partition coefficient (Wildman–Crippen LogP) is 1.26. The Labute approximate surface area is 195 Å². The Morgan fingerprint density at radius 3 is 2.61 bits per heavy atom. The topological polar surface area (TPSA) is 114 Å². The van der Waals surface area contributed by atoms with E-state index < -0.39 is 12.0 Å². The summed E-state index contributed by atoms with van der Waals surface area (Å²) in [5.74, 6) is 0.444. The van der Waals surface area contributed by atoms with Gasteiger partial charge in [0.15, 0.2) is 11.5 Å². The van der Waals surface area contributed by atoms with E-state index in [4.69, 9.17) is 15.2 Å². The van der Waals surface area contributed by atoms with Crippen LogP contribution in [0.5, 0.6) is 11.5 Å². The third kappa shape index (κ3) is 4.40. The molecule has 3 aliphatic rings. The molecule has 174 valence electrons. The molecule has 1 saturated heterocycles. The van der Waals surface area contributed by atoms with E-state index >= 15 is 0 Å². The highest BCUT2D eigenvalue weighted by Crippen LogP contribution is 2.38. The highest BCUT2D eigenvalue weighted by Gasteiger charge is 2.33. The maximum absolute atomic E-state index is 12.9. The fraction of sp³-hybridized carbons (Fsp3) is 0.435. The van der Waals surface area contributed by atoms with Gasteiger partial charge in [-0.2, -0.15) is 0 Å². The quantitative estimate of drug-likeness (QED) is 0.680. The number of ether oxygens (including phenoxy) is 2. The van der Waals surface area contributed by atoms with Crippen molar-refractivity contribution in [2.24, 2.45) is 5.73 Å². The zero-order chi connectivity index (χ0) is 22.9. The molecule has 33 heavy (non-hydrogen) atoms. The van der Waals surface area contributed by atoms with Crippen molar-refractivity contribution >= 4 is 34.1 Å². The van der Waals surface area contributed by atoms with Crippen molar-refractivity contribution in [1.82, 2.24) is 9.80 Å². The molecule has 1 aromatic carbocycles. The lowest BCUT2D eigenvalue weighted by Gasteiger charge is -2.36. The average Bonchev–Trinajstić information content (AvgIpc) is 3.39. The van der Waals surface area contributed by atoms with E-state index in [1.165, 1.54) is 11.3 Å². The number of benzene rings is 1. The molecule has 0 unspecified atom stereocenters. The van der Waals surface area contributed by atoms with Gasteiger partial charge >= 0.3 is 0 Å². The first-order valence-corrected chi connectivity index (χ1v) is 11.9. The van der Waals surface area contributed by atoms with Gasteiger partial charge in [-0.3, -0.25) is 19.3 Å². The normalized spacial score (nSPS) is 19.8. The van der Waals surface area contributed by atoms with Crippen LogP contribution in [-0.4, -0.2) is 73.0 Å². The second-order valence-corrected chi connectivity index (χ2v) is 9.54. The summed E-state index contributed by atoms with van der Waals surface area (Å²) >= 11 is 1.45. The molecule has 3 amide bonds. The molecule has 1 atom stereocenters. The van der Waals surface area contributed by atoms with Gasteiger partial charge < -0.3 is 25.4 Å². The van der Waals surface area contributed by atoms with E-state index in [1.807, 2.05) is 23.1 Å². The third-order valence-corrected chi connectivity index (χ3v) is 7.46. The van der Waals surface area contributed by atoms with Gasteiger partial charge in [0.2, 0.25) is 12.0 Å². The number of carbonyl (C=O) groups excluding carboxylic acids is 3. The van der Waals surface area contributed by atoms with Crippen LogP contribution in [0.1, 0.15) is 27.2 Å². The molecule has 5 rings (SSSR count). The SMILES string of the molecule is NC(=O)c1c(NC(=O)CN2CCN(C(=O)[C@@H]3COc4ccccc4O3)CC2)sc2c1CCC2. The van der Waals surface area contributed by atoms with Gasteiger partial charge in [0.25, 0.3) is 11.8 Å². The minimum Gasteiger partial charge on any atom is -0.485 e. The summed E-state index contributed by atoms with van der Waals surface area (Å²) in [6.07, 6.45) is 2.11. The number of piperazine rings is 1. The van der Waals surface area contributed by atoms with Crippen LogP contribution >= 0.6 is 11.3 Å². The van der Waals surface area contributed by atoms with Crippen LogP contribution in [0.25, 0.3) is 0 Å². The molecule has 0 saturated carbocycles. The van der Waals surface area contributed by atoms with Crippen LogP contribution < -0.4 is 20.5 Å². The molecule has 3 heterocycles. The summed E-state index contributed by atoms with van der Waals surface area (Å²) in [4.78, 5) is 42.3. The number of hydrogen-bond donors (Lipinski definition) is 2. The van der Waals surface area contributed by atoms with Gasteiger partial charge in [-0.15, -0.1) is 11.3 Å². The summed E-state index contributed by atoms with van der Waals surface area (Å²) in [6.45, 7) is 2.55. The van der Waals surface area contributed by atoms with Crippen LogP contribution in [0, 0.1) is 0 Å². The van der Waals surface area contributed by atoms with E-state index in [-0.39, 0.29) is 25.0 Å². The van der Waals surface area contributed by atoms with Crippen molar-refractivity contribution in [3.05, 3.63) is 40.3 Å². The number of anilines is 1. The molecular formula is C23H26N4O5S. The number of rotatable bonds is 5. The lowest BCUT2D eigenvalue weighted by Crippen LogP contribution is -2.54. The minimum absolute atomic E-state index is 0.104. The first-order valence-electron chi connectivity index (χ1n) is 11.1. The van der Waals surface area contributed by atoms with Crippen LogP contribution in [0.4, 0.5) is 5.00 Å². The number of aryl methyl sites for hydroxylation is 1. The zero-order valence-electron chi connectivity index (χ0n) is 18.2. The van der Waals surface area contributed by atoms with Crippen LogP contribution in [-0.2, 0) is 22.4 Å². The number of amides is 3. The van der Waals surface area contributed by atoms with E-state index in [2.05, 4.69) is 5.32 Å². The summed E-state index contributed by atoms with van der Waals surface area (Å²) in [5.41, 5.74) is 7.03. The predicted molar refractivity (Wildman–Crippen MR) is 123 cm³/mol. The average molecular weight is 471 g/mol. The molecule has 0 radical (unpaired) electrons. The van der Waals surface area contributed by atoms with Crippen LogP contribution in [0.15, 0.2) is 24.3 Å². The third-order valence-electron chi connectivity index (χ3n) is 6.26. The number of nitrogens with two attached hydrogens (primary N) is 1. The van der Waals surface area contributed by atoms with E-state index in [0.29, 0.717) is 48.2 Å². The van der Waals surface area contributed by atoms with Gasteiger partial charge in [0, 0.05) is 31.1 Å². The maximum atomic E-state index is 12.9. The molecule has 2 aliphatic heterocycles. The number of nitrogens with one attached hydrogen (secondary N) is 1. The van der Waals surface area contributed by atoms with Crippen molar-refractivity contribution < 1.29 is 23.9 Å². The zero-order valence-corrected chi connectivity index (χ0v) is 19.0.